The zero-order valence-electron chi connectivity index (χ0n) is 15.6. The minimum absolute atomic E-state index is 0.204. The summed E-state index contributed by atoms with van der Waals surface area (Å²) in [5, 5.41) is 5.42. The number of aromatic nitrogens is 2. The van der Waals surface area contributed by atoms with E-state index in [0.29, 0.717) is 11.6 Å². The first-order chi connectivity index (χ1) is 13.5. The third-order valence-electron chi connectivity index (χ3n) is 4.23. The van der Waals surface area contributed by atoms with E-state index in [-0.39, 0.29) is 6.61 Å². The first kappa shape index (κ1) is 19.7. The average molecular weight is 398 g/mol. The van der Waals surface area contributed by atoms with Crippen LogP contribution in [-0.2, 0) is 6.61 Å². The zero-order chi connectivity index (χ0) is 20.1. The number of hydrogen-bond acceptors (Lipinski definition) is 6. The number of nitrogens with two attached hydrogens (primary N) is 2. The van der Waals surface area contributed by atoms with Crippen molar-refractivity contribution >= 4 is 23.5 Å². The molecule has 3 aromatic rings. The van der Waals surface area contributed by atoms with Crippen LogP contribution in [0.5, 0.6) is 5.88 Å². The van der Waals surface area contributed by atoms with Crippen molar-refractivity contribution in [3.63, 3.8) is 0 Å². The van der Waals surface area contributed by atoms with Crippen molar-refractivity contribution in [1.29, 1.82) is 0 Å². The summed E-state index contributed by atoms with van der Waals surface area (Å²) < 4.78 is 7.61. The Balaban J connectivity index is 1.78. The zero-order valence-corrected chi connectivity index (χ0v) is 16.4. The van der Waals surface area contributed by atoms with E-state index in [1.54, 1.807) is 28.6 Å². The molecule has 8 nitrogen and oxygen atoms in total. The minimum atomic E-state index is -0.621. The largest absolute Gasteiger partial charge is 0.472 e. The maximum atomic E-state index is 11.8. The van der Waals surface area contributed by atoms with Gasteiger partial charge in [-0.1, -0.05) is 18.2 Å². The second-order valence-electron chi connectivity index (χ2n) is 5.98. The maximum absolute atomic E-state index is 11.8. The highest BCUT2D eigenvalue weighted by Crippen LogP contribution is 2.24. The molecule has 0 aliphatic carbocycles. The van der Waals surface area contributed by atoms with Gasteiger partial charge in [0.2, 0.25) is 5.88 Å². The summed E-state index contributed by atoms with van der Waals surface area (Å²) in [6, 6.07) is 14.7. The van der Waals surface area contributed by atoms with Crippen LogP contribution in [0.1, 0.15) is 11.1 Å². The standard InChI is InChI=1S/C19H22N6O2S/c1-13-5-3-8-17(25(21)19(26)22-20)16(13)12-27-18-9-10-24(23-18)14-6-4-7-15(11-14)28-2/h3-11H,12,20-21H2,1-2H3,(H,22,26). The van der Waals surface area contributed by atoms with Crippen LogP contribution < -0.4 is 26.9 Å². The quantitative estimate of drug-likeness (QED) is 0.255. The number of rotatable bonds is 6. The number of carbonyl (C=O) groups is 1. The normalized spacial score (nSPS) is 10.6. The Labute approximate surface area is 167 Å². The first-order valence-electron chi connectivity index (χ1n) is 8.50. The molecular weight excluding hydrogens is 376 g/mol. The Kier molecular flexibility index (Phi) is 6.19. The summed E-state index contributed by atoms with van der Waals surface area (Å²) in [4.78, 5) is 12.9. The monoisotopic (exact) mass is 398 g/mol. The van der Waals surface area contributed by atoms with E-state index in [9.17, 15) is 4.79 Å². The molecule has 5 N–H and O–H groups in total. The fourth-order valence-corrected chi connectivity index (χ4v) is 3.16. The smallest absolute Gasteiger partial charge is 0.350 e. The van der Waals surface area contributed by atoms with Gasteiger partial charge in [-0.15, -0.1) is 16.9 Å². The average Bonchev–Trinajstić information content (AvgIpc) is 3.20. The summed E-state index contributed by atoms with van der Waals surface area (Å²) in [5.74, 6) is 11.5. The Morgan fingerprint density at radius 3 is 2.82 bits per heavy atom. The fourth-order valence-electron chi connectivity index (χ4n) is 2.71. The molecule has 0 saturated carbocycles. The van der Waals surface area contributed by atoms with Crippen LogP contribution in [0.15, 0.2) is 59.6 Å². The number of carbonyl (C=O) groups excluding carboxylic acids is 1. The Bertz CT molecular complexity index is 975. The van der Waals surface area contributed by atoms with Crippen LogP contribution >= 0.6 is 11.8 Å². The molecule has 0 bridgehead atoms. The van der Waals surface area contributed by atoms with Crippen molar-refractivity contribution in [1.82, 2.24) is 15.2 Å². The van der Waals surface area contributed by atoms with E-state index in [1.165, 1.54) is 0 Å². The number of thioether (sulfide) groups is 1. The first-order valence-corrected chi connectivity index (χ1v) is 9.72. The fraction of sp³-hybridized carbons (Fsp3) is 0.158. The molecule has 2 amide bonds. The molecule has 0 radical (unpaired) electrons. The van der Waals surface area contributed by atoms with Gasteiger partial charge in [-0.25, -0.2) is 26.2 Å². The second-order valence-corrected chi connectivity index (χ2v) is 6.86. The van der Waals surface area contributed by atoms with Gasteiger partial charge in [0, 0.05) is 22.7 Å². The molecule has 0 spiro atoms. The molecule has 2 aromatic carbocycles. The van der Waals surface area contributed by atoms with Gasteiger partial charge in [0.05, 0.1) is 11.4 Å². The van der Waals surface area contributed by atoms with Crippen molar-refractivity contribution in [2.75, 3.05) is 11.3 Å². The van der Waals surface area contributed by atoms with E-state index >= 15 is 0 Å². The predicted octanol–water partition coefficient (Wildman–Crippen LogP) is 2.75. The van der Waals surface area contributed by atoms with Crippen molar-refractivity contribution in [3.8, 4) is 11.6 Å². The third kappa shape index (κ3) is 4.28. The summed E-state index contributed by atoms with van der Waals surface area (Å²) in [5.41, 5.74) is 5.18. The van der Waals surface area contributed by atoms with Crippen molar-refractivity contribution < 1.29 is 9.53 Å². The Morgan fingerprint density at radius 1 is 1.29 bits per heavy atom. The summed E-state index contributed by atoms with van der Waals surface area (Å²) in [7, 11) is 0. The molecule has 28 heavy (non-hydrogen) atoms. The molecule has 0 unspecified atom stereocenters. The predicted molar refractivity (Wildman–Crippen MR) is 110 cm³/mol. The number of urea groups is 1. The van der Waals surface area contributed by atoms with Gasteiger partial charge in [-0.3, -0.25) is 5.43 Å². The number of nitrogens with one attached hydrogen (secondary N) is 1. The van der Waals surface area contributed by atoms with Crippen LogP contribution in [0.3, 0.4) is 0 Å². The molecule has 3 rings (SSSR count). The van der Waals surface area contributed by atoms with E-state index < -0.39 is 6.03 Å². The number of benzene rings is 2. The number of ether oxygens (including phenoxy) is 1. The minimum Gasteiger partial charge on any atom is -0.472 e. The highest BCUT2D eigenvalue weighted by Gasteiger charge is 2.16. The number of hydrogen-bond donors (Lipinski definition) is 3. The van der Waals surface area contributed by atoms with Crippen molar-refractivity contribution in [3.05, 3.63) is 65.9 Å². The lowest BCUT2D eigenvalue weighted by Crippen LogP contribution is -2.48. The van der Waals surface area contributed by atoms with E-state index in [1.807, 2.05) is 55.1 Å². The van der Waals surface area contributed by atoms with Gasteiger partial charge in [0.25, 0.3) is 0 Å². The van der Waals surface area contributed by atoms with E-state index in [2.05, 4.69) is 11.2 Å². The number of aryl methyl sites for hydroxylation is 1. The van der Waals surface area contributed by atoms with Gasteiger partial charge >= 0.3 is 6.03 Å². The Morgan fingerprint density at radius 2 is 2.07 bits per heavy atom. The Hall–Kier alpha value is -3.01. The van der Waals surface area contributed by atoms with Crippen LogP contribution in [0.2, 0.25) is 0 Å². The molecule has 0 aliphatic heterocycles. The van der Waals surface area contributed by atoms with Gasteiger partial charge < -0.3 is 4.74 Å². The molecular formula is C19H22N6O2S. The highest BCUT2D eigenvalue weighted by atomic mass is 32.2. The number of amides is 2. The molecule has 0 aliphatic rings. The van der Waals surface area contributed by atoms with Crippen LogP contribution in [0, 0.1) is 6.92 Å². The van der Waals surface area contributed by atoms with E-state index in [0.717, 1.165) is 26.7 Å². The van der Waals surface area contributed by atoms with Crippen LogP contribution in [0.4, 0.5) is 10.5 Å². The highest BCUT2D eigenvalue weighted by molar-refractivity contribution is 7.98. The number of nitrogens with zero attached hydrogens (tertiary/aromatic N) is 3. The van der Waals surface area contributed by atoms with Gasteiger partial charge in [0.15, 0.2) is 0 Å². The maximum Gasteiger partial charge on any atom is 0.350 e. The van der Waals surface area contributed by atoms with Gasteiger partial charge in [-0.05, 0) is 43.0 Å². The summed E-state index contributed by atoms with van der Waals surface area (Å²) >= 11 is 1.67. The van der Waals surface area contributed by atoms with Crippen molar-refractivity contribution in [2.45, 2.75) is 18.4 Å². The van der Waals surface area contributed by atoms with Crippen LogP contribution in [-0.4, -0.2) is 22.1 Å². The van der Waals surface area contributed by atoms with E-state index in [4.69, 9.17) is 16.4 Å². The number of anilines is 1. The van der Waals surface area contributed by atoms with Gasteiger partial charge in [-0.2, -0.15) is 0 Å². The van der Waals surface area contributed by atoms with Gasteiger partial charge in [0.1, 0.15) is 6.61 Å². The molecule has 0 saturated heterocycles. The molecule has 146 valence electrons. The van der Waals surface area contributed by atoms with Crippen molar-refractivity contribution in [2.24, 2.45) is 11.7 Å². The lowest BCUT2D eigenvalue weighted by atomic mass is 10.1. The second kappa shape index (κ2) is 8.79. The molecule has 1 aromatic heterocycles. The molecule has 1 heterocycles. The molecule has 0 fully saturated rings. The summed E-state index contributed by atoms with van der Waals surface area (Å²) in [6.45, 7) is 2.12. The van der Waals surface area contributed by atoms with Crippen LogP contribution in [0.25, 0.3) is 5.69 Å². The third-order valence-corrected chi connectivity index (χ3v) is 4.96. The SMILES string of the molecule is CSc1cccc(-n2ccc(OCc3c(C)cccc3N(N)C(=O)NN)n2)c1. The lowest BCUT2D eigenvalue weighted by Gasteiger charge is -2.20. The summed E-state index contributed by atoms with van der Waals surface area (Å²) in [6.07, 6.45) is 3.87. The molecule has 0 atom stereocenters. The lowest BCUT2D eigenvalue weighted by molar-refractivity contribution is 0.246. The number of hydrazine groups is 2. The topological polar surface area (TPSA) is 111 Å². The molecule has 9 heteroatoms.